The molecular formula is C23H16BiN3. The summed E-state index contributed by atoms with van der Waals surface area (Å²) in [5, 5.41) is 2.50. The van der Waals surface area contributed by atoms with E-state index in [0.29, 0.717) is 0 Å². The van der Waals surface area contributed by atoms with E-state index in [2.05, 4.69) is 93.4 Å². The van der Waals surface area contributed by atoms with Crippen molar-refractivity contribution < 1.29 is 0 Å². The fourth-order valence-corrected chi connectivity index (χ4v) is 4.73. The molecule has 0 saturated heterocycles. The third-order valence-electron chi connectivity index (χ3n) is 4.81. The summed E-state index contributed by atoms with van der Waals surface area (Å²) in [6.45, 7) is 1.96. The molecule has 27 heavy (non-hydrogen) atoms. The first-order valence-electron chi connectivity index (χ1n) is 8.84. The van der Waals surface area contributed by atoms with Crippen molar-refractivity contribution >= 4 is 49.9 Å². The van der Waals surface area contributed by atoms with Crippen LogP contribution >= 0.6 is 0 Å². The molecular weight excluding hydrogens is 527 g/mol. The Morgan fingerprint density at radius 3 is 2.30 bits per heavy atom. The topological polar surface area (TPSA) is 30.7 Å². The van der Waals surface area contributed by atoms with E-state index >= 15 is 0 Å². The summed E-state index contributed by atoms with van der Waals surface area (Å²) < 4.78 is 3.43. The third kappa shape index (κ3) is 2.85. The minimum absolute atomic E-state index is 0.830. The Morgan fingerprint density at radius 2 is 1.48 bits per heavy atom. The molecule has 2 heterocycles. The molecule has 4 heteroatoms. The van der Waals surface area contributed by atoms with Crippen LogP contribution in [0, 0.1) is 6.92 Å². The molecule has 5 rings (SSSR count). The molecule has 5 aromatic rings. The summed E-state index contributed by atoms with van der Waals surface area (Å²) in [5.74, 6) is 0.830. The zero-order chi connectivity index (χ0) is 18.4. The number of para-hydroxylation sites is 2. The molecule has 0 aliphatic rings. The number of hydrogen-bond acceptors (Lipinski definition) is 2. The number of benzene rings is 3. The Hall–Kier alpha value is -2.58. The molecule has 128 valence electrons. The van der Waals surface area contributed by atoms with Gasteiger partial charge in [-0.25, -0.2) is 0 Å². The molecule has 0 unspecified atom stereocenters. The van der Waals surface area contributed by atoms with Crippen molar-refractivity contribution in [2.45, 2.75) is 6.92 Å². The molecule has 0 aliphatic heterocycles. The van der Waals surface area contributed by atoms with Gasteiger partial charge in [-0.05, 0) is 0 Å². The molecule has 0 aliphatic carbocycles. The first-order chi connectivity index (χ1) is 13.2. The summed E-state index contributed by atoms with van der Waals surface area (Å²) >= 11 is 1.14. The van der Waals surface area contributed by atoms with Crippen LogP contribution in [-0.4, -0.2) is 39.3 Å². The number of hydrogen-bond donors (Lipinski definition) is 0. The predicted octanol–water partition coefficient (Wildman–Crippen LogP) is 4.34. The van der Waals surface area contributed by atoms with Crippen LogP contribution in [0.15, 0.2) is 78.9 Å². The van der Waals surface area contributed by atoms with E-state index in [0.717, 1.165) is 45.2 Å². The summed E-state index contributed by atoms with van der Waals surface area (Å²) in [4.78, 5) is 9.11. The number of rotatable bonds is 2. The van der Waals surface area contributed by atoms with Crippen molar-refractivity contribution in [1.82, 2.24) is 14.5 Å². The van der Waals surface area contributed by atoms with Crippen LogP contribution in [0.25, 0.3) is 38.8 Å². The van der Waals surface area contributed by atoms with Crippen molar-refractivity contribution in [3.63, 3.8) is 0 Å². The Morgan fingerprint density at radius 1 is 0.741 bits per heavy atom. The molecule has 2 radical (unpaired) electrons. The van der Waals surface area contributed by atoms with Gasteiger partial charge in [-0.2, -0.15) is 0 Å². The van der Waals surface area contributed by atoms with Crippen molar-refractivity contribution in [2.75, 3.05) is 0 Å². The second-order valence-electron chi connectivity index (χ2n) is 6.58. The Bertz CT molecular complexity index is 1270. The van der Waals surface area contributed by atoms with Crippen molar-refractivity contribution in [2.24, 2.45) is 0 Å². The number of fused-ring (bicyclic) bond motifs is 3. The van der Waals surface area contributed by atoms with Gasteiger partial charge in [-0.3, -0.25) is 0 Å². The zero-order valence-electron chi connectivity index (χ0n) is 14.8. The summed E-state index contributed by atoms with van der Waals surface area (Å²) in [6.07, 6.45) is 0. The maximum atomic E-state index is 4.66. The Kier molecular flexibility index (Phi) is 4.02. The van der Waals surface area contributed by atoms with Crippen LogP contribution in [0.4, 0.5) is 0 Å². The van der Waals surface area contributed by atoms with E-state index in [1.807, 2.05) is 6.92 Å². The van der Waals surface area contributed by atoms with Crippen molar-refractivity contribution in [3.05, 3.63) is 84.7 Å². The SMILES string of the molecule is Cc1n[c]([Bi])cc(-c2ccc3c(c2)c2ccccc2n3-c2ccccc2)n1. The van der Waals surface area contributed by atoms with Gasteiger partial charge >= 0.3 is 173 Å². The van der Waals surface area contributed by atoms with E-state index < -0.39 is 0 Å². The van der Waals surface area contributed by atoms with Gasteiger partial charge in [-0.15, -0.1) is 0 Å². The molecule has 3 nitrogen and oxygen atoms in total. The summed E-state index contributed by atoms with van der Waals surface area (Å²) in [7, 11) is 0. The van der Waals surface area contributed by atoms with Gasteiger partial charge in [0.25, 0.3) is 0 Å². The second kappa shape index (κ2) is 6.54. The summed E-state index contributed by atoms with van der Waals surface area (Å²) in [5.41, 5.74) is 5.74. The number of aryl methyl sites for hydroxylation is 1. The van der Waals surface area contributed by atoms with E-state index in [4.69, 9.17) is 0 Å². The van der Waals surface area contributed by atoms with Crippen molar-refractivity contribution in [3.8, 4) is 16.9 Å². The average molecular weight is 543 g/mol. The Balaban J connectivity index is 1.83. The third-order valence-corrected chi connectivity index (χ3v) is 5.70. The van der Waals surface area contributed by atoms with E-state index in [-0.39, 0.29) is 0 Å². The number of aromatic nitrogens is 3. The van der Waals surface area contributed by atoms with Crippen LogP contribution in [0.1, 0.15) is 5.82 Å². The molecule has 2 aromatic heterocycles. The molecule has 0 spiro atoms. The number of nitrogens with zero attached hydrogens (tertiary/aromatic N) is 3. The maximum absolute atomic E-state index is 4.66. The van der Waals surface area contributed by atoms with Crippen LogP contribution in [-0.2, 0) is 0 Å². The van der Waals surface area contributed by atoms with Gasteiger partial charge in [0.05, 0.1) is 0 Å². The summed E-state index contributed by atoms with van der Waals surface area (Å²) in [6, 6.07) is 27.8. The molecule has 0 saturated carbocycles. The predicted molar refractivity (Wildman–Crippen MR) is 112 cm³/mol. The quantitative estimate of drug-likeness (QED) is 0.311. The first-order valence-corrected chi connectivity index (χ1v) is 10.6. The first kappa shape index (κ1) is 16.6. The zero-order valence-corrected chi connectivity index (χ0v) is 18.3. The molecule has 0 atom stereocenters. The molecule has 0 fully saturated rings. The standard InChI is InChI=1S/C23H16N3.Bi/c1-16-24-14-13-21(25-16)17-11-12-23-20(15-17)19-9-5-6-10-22(19)26(23)18-7-3-2-4-8-18;/h2-13,15H,1H3;. The van der Waals surface area contributed by atoms with Gasteiger partial charge in [0.15, 0.2) is 0 Å². The second-order valence-corrected chi connectivity index (χ2v) is 8.36. The van der Waals surface area contributed by atoms with Gasteiger partial charge < -0.3 is 0 Å². The Labute approximate surface area is 172 Å². The van der Waals surface area contributed by atoms with Gasteiger partial charge in [0.2, 0.25) is 0 Å². The van der Waals surface area contributed by atoms with E-state index in [1.165, 1.54) is 27.5 Å². The fourth-order valence-electron chi connectivity index (χ4n) is 3.69. The van der Waals surface area contributed by atoms with Crippen LogP contribution < -0.4 is 3.40 Å². The van der Waals surface area contributed by atoms with Crippen molar-refractivity contribution in [1.29, 1.82) is 0 Å². The monoisotopic (exact) mass is 543 g/mol. The van der Waals surface area contributed by atoms with Gasteiger partial charge in [0, 0.05) is 0 Å². The minimum atomic E-state index is 0.830. The molecule has 0 amide bonds. The van der Waals surface area contributed by atoms with E-state index in [1.54, 1.807) is 0 Å². The van der Waals surface area contributed by atoms with Gasteiger partial charge in [-0.1, -0.05) is 0 Å². The van der Waals surface area contributed by atoms with Crippen LogP contribution in [0.5, 0.6) is 0 Å². The molecule has 0 bridgehead atoms. The van der Waals surface area contributed by atoms with E-state index in [9.17, 15) is 0 Å². The molecule has 0 N–H and O–H groups in total. The van der Waals surface area contributed by atoms with Crippen LogP contribution in [0.3, 0.4) is 0 Å². The fraction of sp³-hybridized carbons (Fsp3) is 0.0435. The average Bonchev–Trinajstić information content (AvgIpc) is 3.01. The molecule has 3 aromatic carbocycles. The van der Waals surface area contributed by atoms with Gasteiger partial charge in [0.1, 0.15) is 0 Å². The van der Waals surface area contributed by atoms with Crippen LogP contribution in [0.2, 0.25) is 0 Å². The normalized spacial score (nSPS) is 11.3.